The zero-order chi connectivity index (χ0) is 20.2. The Hall–Kier alpha value is -2.13. The van der Waals surface area contributed by atoms with Crippen LogP contribution in [0.5, 0.6) is 0 Å². The van der Waals surface area contributed by atoms with Gasteiger partial charge in [0.1, 0.15) is 0 Å². The third-order valence-corrected chi connectivity index (χ3v) is 24.1. The molecule has 0 bridgehead atoms. The van der Waals surface area contributed by atoms with E-state index in [1.54, 1.807) is 0 Å². The van der Waals surface area contributed by atoms with Crippen molar-refractivity contribution in [2.45, 2.75) is 5.22 Å². The normalized spacial score (nSPS) is 12.3. The van der Waals surface area contributed by atoms with Crippen molar-refractivity contribution >= 4 is 41.4 Å². The van der Waals surface area contributed by atoms with E-state index in [9.17, 15) is 0 Å². The van der Waals surface area contributed by atoms with E-state index >= 15 is 0 Å². The van der Waals surface area contributed by atoms with Gasteiger partial charge in [-0.25, -0.2) is 0 Å². The fourth-order valence-electron chi connectivity index (χ4n) is 3.52. The Morgan fingerprint density at radius 1 is 0.600 bits per heavy atom. The second-order valence-electron chi connectivity index (χ2n) is 6.77. The summed E-state index contributed by atoms with van der Waals surface area (Å²) in [6, 6.07) is 41.1. The first-order valence-corrected chi connectivity index (χ1v) is 18.0. The predicted octanol–water partition coefficient (Wildman–Crippen LogP) is 5.56. The van der Waals surface area contributed by atoms with Crippen LogP contribution in [0.4, 0.5) is 0 Å². The van der Waals surface area contributed by atoms with E-state index in [0.29, 0.717) is 0 Å². The summed E-state index contributed by atoms with van der Waals surface area (Å²) in [5.41, 5.74) is 1.78. The number of aromatic nitrogens is 1. The second kappa shape index (κ2) is 8.93. The van der Waals surface area contributed by atoms with Gasteiger partial charge in [0.15, 0.2) is 0 Å². The van der Waals surface area contributed by atoms with E-state index < -0.39 is 5.15 Å². The summed E-state index contributed by atoms with van der Waals surface area (Å²) >= 11 is -0.230. The van der Waals surface area contributed by atoms with Gasteiger partial charge in [0.05, 0.1) is 0 Å². The van der Waals surface area contributed by atoms with Crippen LogP contribution in [0.2, 0.25) is 0 Å². The molecular formula is C25H20AuNOPS. The van der Waals surface area contributed by atoms with Gasteiger partial charge in [-0.15, -0.1) is 0 Å². The monoisotopic (exact) mass is 610 g/mol. The van der Waals surface area contributed by atoms with E-state index in [1.165, 1.54) is 15.9 Å². The summed E-state index contributed by atoms with van der Waals surface area (Å²) in [7, 11) is 1.82. The van der Waals surface area contributed by atoms with Crippen molar-refractivity contribution in [1.82, 2.24) is 4.98 Å². The number of fused-ring (bicyclic) bond motifs is 1. The molecule has 0 spiro atoms. The summed E-state index contributed by atoms with van der Waals surface area (Å²) in [6.07, 6.45) is 0. The van der Waals surface area contributed by atoms with Crippen LogP contribution in [-0.4, -0.2) is 4.98 Å². The molecule has 0 atom stereocenters. The molecule has 0 saturated heterocycles. The van der Waals surface area contributed by atoms with Gasteiger partial charge >= 0.3 is 189 Å². The van der Waals surface area contributed by atoms with Gasteiger partial charge in [-0.05, 0) is 0 Å². The van der Waals surface area contributed by atoms with Crippen LogP contribution in [0, 0.1) is 0 Å². The van der Waals surface area contributed by atoms with Crippen molar-refractivity contribution in [2.75, 3.05) is 0 Å². The summed E-state index contributed by atoms with van der Waals surface area (Å²) in [4.78, 5) is 4.74. The first-order chi connectivity index (χ1) is 14.9. The fourth-order valence-corrected chi connectivity index (χ4v) is 23.5. The van der Waals surface area contributed by atoms with Gasteiger partial charge in [-0.2, -0.15) is 0 Å². The third kappa shape index (κ3) is 3.80. The number of benzene rings is 4. The summed E-state index contributed by atoms with van der Waals surface area (Å²) in [6.45, 7) is 0. The van der Waals surface area contributed by atoms with Crippen LogP contribution in [0.1, 0.15) is 0 Å². The van der Waals surface area contributed by atoms with E-state index in [0.717, 1.165) is 16.3 Å². The van der Waals surface area contributed by atoms with Crippen molar-refractivity contribution in [3.05, 3.63) is 115 Å². The van der Waals surface area contributed by atoms with Gasteiger partial charge in [0.2, 0.25) is 0 Å². The number of hydrogen-bond acceptors (Lipinski definition) is 3. The predicted molar refractivity (Wildman–Crippen MR) is 126 cm³/mol. The molecule has 0 radical (unpaired) electrons. The molecule has 0 fully saturated rings. The summed E-state index contributed by atoms with van der Waals surface area (Å²) in [5, 5.41) is 2.89. The van der Waals surface area contributed by atoms with Gasteiger partial charge in [0.25, 0.3) is 0 Å². The van der Waals surface area contributed by atoms with E-state index in [2.05, 4.69) is 91.0 Å². The van der Waals surface area contributed by atoms with Gasteiger partial charge in [-0.1, -0.05) is 0 Å². The molecular weight excluding hydrogens is 590 g/mol. The van der Waals surface area contributed by atoms with E-state index in [1.807, 2.05) is 33.5 Å². The van der Waals surface area contributed by atoms with Crippen molar-refractivity contribution in [3.63, 3.8) is 0 Å². The molecule has 0 amide bonds. The minimum absolute atomic E-state index is 0.230. The fraction of sp³-hybridized carbons (Fsp3) is 0. The third-order valence-electron chi connectivity index (χ3n) is 4.90. The van der Waals surface area contributed by atoms with Crippen LogP contribution in [0.15, 0.2) is 125 Å². The van der Waals surface area contributed by atoms with Crippen molar-refractivity contribution < 1.29 is 22.3 Å². The number of nitrogens with zero attached hydrogens (tertiary/aromatic N) is 1. The Balaban J connectivity index is 1.65. The van der Waals surface area contributed by atoms with Crippen molar-refractivity contribution in [3.8, 4) is 0 Å². The molecule has 0 unspecified atom stereocenters. The molecule has 1 aromatic heterocycles. The molecule has 0 aliphatic carbocycles. The van der Waals surface area contributed by atoms with Gasteiger partial charge in [-0.3, -0.25) is 0 Å². The topological polar surface area (TPSA) is 26.0 Å². The molecule has 5 aromatic rings. The molecule has 0 saturated carbocycles. The Labute approximate surface area is 188 Å². The average Bonchev–Trinajstić information content (AvgIpc) is 3.25. The summed E-state index contributed by atoms with van der Waals surface area (Å²) < 4.78 is 6.07. The van der Waals surface area contributed by atoms with Crippen LogP contribution in [0.3, 0.4) is 0 Å². The van der Waals surface area contributed by atoms with Gasteiger partial charge < -0.3 is 0 Å². The Kier molecular flexibility index (Phi) is 5.90. The van der Waals surface area contributed by atoms with Crippen LogP contribution in [0.25, 0.3) is 11.1 Å². The zero-order valence-electron chi connectivity index (χ0n) is 16.0. The molecule has 0 N–H and O–H groups in total. The minimum atomic E-state index is -2.20. The molecule has 5 heteroatoms. The SMILES string of the molecule is c1ccc([PH]([Au][S]c2nc3ccccc3o2)(c2ccccc2)c2ccccc2)cc1. The molecule has 2 nitrogen and oxygen atoms in total. The first-order valence-electron chi connectivity index (χ1n) is 9.64. The quantitative estimate of drug-likeness (QED) is 0.186. The number of oxazole rings is 1. The molecule has 1 heterocycles. The maximum atomic E-state index is 6.07. The molecule has 0 aliphatic heterocycles. The van der Waals surface area contributed by atoms with E-state index in [-0.39, 0.29) is 17.9 Å². The standard InChI is InChI=1S/C18H15P.C7H5NOS.Au/c1-4-10-16(11-5-1)19(17-12-6-2-7-13-17)18-14-8-3-9-15-18;10-7-8-5-3-1-2-4-6(5)9-7;/h1-15H;1-4H,(H,8,10);. The zero-order valence-corrected chi connectivity index (χ0v) is 20.0. The van der Waals surface area contributed by atoms with Gasteiger partial charge in [0, 0.05) is 0 Å². The Morgan fingerprint density at radius 2 is 1.07 bits per heavy atom. The first kappa shape index (κ1) is 19.8. The molecule has 153 valence electrons. The number of para-hydroxylation sites is 2. The van der Waals surface area contributed by atoms with E-state index in [4.69, 9.17) is 9.40 Å². The van der Waals surface area contributed by atoms with Crippen LogP contribution >= 0.6 is 14.4 Å². The number of hydrogen-bond donors (Lipinski definition) is 0. The second-order valence-corrected chi connectivity index (χ2v) is 20.9. The van der Waals surface area contributed by atoms with Crippen LogP contribution < -0.4 is 15.9 Å². The van der Waals surface area contributed by atoms with Crippen molar-refractivity contribution in [1.29, 1.82) is 0 Å². The number of rotatable bonds is 6. The van der Waals surface area contributed by atoms with Crippen LogP contribution in [-0.2, 0) is 17.9 Å². The average molecular weight is 610 g/mol. The molecule has 4 aromatic carbocycles. The van der Waals surface area contributed by atoms with Crippen molar-refractivity contribution in [2.24, 2.45) is 0 Å². The summed E-state index contributed by atoms with van der Waals surface area (Å²) in [5.74, 6) is 0. The molecule has 5 rings (SSSR count). The Morgan fingerprint density at radius 3 is 1.57 bits per heavy atom. The molecule has 0 aliphatic rings. The molecule has 30 heavy (non-hydrogen) atoms. The maximum absolute atomic E-state index is 6.07. The Bertz CT molecular complexity index is 1120.